The van der Waals surface area contributed by atoms with Crippen molar-refractivity contribution in [1.29, 1.82) is 0 Å². The van der Waals surface area contributed by atoms with Crippen LogP contribution in [0.25, 0.3) is 22.5 Å². The molecule has 0 atom stereocenters. The van der Waals surface area contributed by atoms with Gasteiger partial charge in [-0.15, -0.1) is 5.10 Å². The van der Waals surface area contributed by atoms with Crippen LogP contribution in [0.15, 0.2) is 140 Å². The first-order chi connectivity index (χ1) is 26.8. The molecule has 0 unspecified atom stereocenters. The lowest BCUT2D eigenvalue weighted by atomic mass is 9.77. The number of imidazole rings is 1. The number of carbonyl (C=O) groups excluding carboxylic acids is 1. The Morgan fingerprint density at radius 3 is 1.78 bits per heavy atom. The summed E-state index contributed by atoms with van der Waals surface area (Å²) in [5.41, 5.74) is 4.92. The molecule has 0 spiro atoms. The molecule has 0 radical (unpaired) electrons. The smallest absolute Gasteiger partial charge is 0.357 e. The number of carbonyl (C=O) groups is 1. The van der Waals surface area contributed by atoms with Gasteiger partial charge >= 0.3 is 5.97 Å². The van der Waals surface area contributed by atoms with Crippen LogP contribution in [-0.4, -0.2) is 54.0 Å². The van der Waals surface area contributed by atoms with Gasteiger partial charge < -0.3 is 19.1 Å². The summed E-state index contributed by atoms with van der Waals surface area (Å²) in [6.45, 7) is 8.03. The van der Waals surface area contributed by atoms with Gasteiger partial charge in [-0.1, -0.05) is 140 Å². The highest BCUT2D eigenvalue weighted by atomic mass is 16.5. The molecular formula is C45H44N6O4. The highest BCUT2D eigenvalue weighted by molar-refractivity contribution is 5.89. The Morgan fingerprint density at radius 1 is 0.709 bits per heavy atom. The monoisotopic (exact) mass is 732 g/mol. The Bertz CT molecular complexity index is 2250. The van der Waals surface area contributed by atoms with Crippen molar-refractivity contribution < 1.29 is 19.4 Å². The molecule has 2 aromatic heterocycles. The third kappa shape index (κ3) is 7.22. The van der Waals surface area contributed by atoms with Crippen molar-refractivity contribution in [1.82, 2.24) is 29.8 Å². The lowest BCUT2D eigenvalue weighted by Crippen LogP contribution is -2.39. The summed E-state index contributed by atoms with van der Waals surface area (Å²) in [4.78, 5) is 18.0. The number of aromatic nitrogens is 6. The summed E-state index contributed by atoms with van der Waals surface area (Å²) >= 11 is 0. The molecule has 2 heterocycles. The van der Waals surface area contributed by atoms with Gasteiger partial charge in [-0.05, 0) is 71.5 Å². The predicted molar refractivity (Wildman–Crippen MR) is 211 cm³/mol. The van der Waals surface area contributed by atoms with E-state index in [0.29, 0.717) is 24.8 Å². The Kier molecular flexibility index (Phi) is 10.8. The highest BCUT2D eigenvalue weighted by Crippen LogP contribution is 2.43. The fourth-order valence-corrected chi connectivity index (χ4v) is 7.19. The molecule has 7 rings (SSSR count). The van der Waals surface area contributed by atoms with Crippen LogP contribution >= 0.6 is 0 Å². The van der Waals surface area contributed by atoms with E-state index < -0.39 is 17.1 Å². The minimum Gasteiger partial charge on any atom is -0.461 e. The number of ether oxygens (including phenoxy) is 2. The summed E-state index contributed by atoms with van der Waals surface area (Å²) in [5.74, 6) is 0.589. The van der Waals surface area contributed by atoms with Crippen molar-refractivity contribution in [3.63, 3.8) is 0 Å². The third-order valence-corrected chi connectivity index (χ3v) is 9.67. The van der Waals surface area contributed by atoms with E-state index in [0.717, 1.165) is 38.9 Å². The molecule has 7 aromatic rings. The fourth-order valence-electron chi connectivity index (χ4n) is 7.19. The average molecular weight is 733 g/mol. The molecule has 0 bridgehead atoms. The van der Waals surface area contributed by atoms with E-state index in [-0.39, 0.29) is 24.6 Å². The maximum Gasteiger partial charge on any atom is 0.357 e. The molecule has 0 saturated carbocycles. The molecule has 0 aliphatic carbocycles. The van der Waals surface area contributed by atoms with Gasteiger partial charge in [0.15, 0.2) is 11.5 Å². The predicted octanol–water partition coefficient (Wildman–Crippen LogP) is 8.03. The van der Waals surface area contributed by atoms with Crippen LogP contribution in [0.4, 0.5) is 0 Å². The second-order valence-electron chi connectivity index (χ2n) is 13.7. The SMILES string of the molecule is CCOCc1nc(C(C)(C)O)c(C(=O)OCC)n1Cc1ccc(-c2ccccc2-c2nnnn2C(c2ccccc2)(c2ccccc2)c2ccccc2)cc1. The van der Waals surface area contributed by atoms with E-state index in [4.69, 9.17) is 19.8 Å². The summed E-state index contributed by atoms with van der Waals surface area (Å²) in [7, 11) is 0. The van der Waals surface area contributed by atoms with Crippen molar-refractivity contribution in [3.05, 3.63) is 179 Å². The Morgan fingerprint density at radius 2 is 1.25 bits per heavy atom. The van der Waals surface area contributed by atoms with Crippen LogP contribution < -0.4 is 0 Å². The van der Waals surface area contributed by atoms with E-state index in [1.165, 1.54) is 0 Å². The molecule has 278 valence electrons. The van der Waals surface area contributed by atoms with Crippen molar-refractivity contribution in [2.75, 3.05) is 13.2 Å². The summed E-state index contributed by atoms with van der Waals surface area (Å²) in [5, 5.41) is 24.8. The van der Waals surface area contributed by atoms with Crippen LogP contribution in [0.2, 0.25) is 0 Å². The number of nitrogens with zero attached hydrogens (tertiary/aromatic N) is 6. The van der Waals surface area contributed by atoms with Gasteiger partial charge in [0.1, 0.15) is 29.3 Å². The Balaban J connectivity index is 1.33. The van der Waals surface area contributed by atoms with Crippen LogP contribution in [0.1, 0.15) is 72.0 Å². The number of hydrogen-bond acceptors (Lipinski definition) is 8. The van der Waals surface area contributed by atoms with Gasteiger partial charge in [0.05, 0.1) is 6.61 Å². The minimum absolute atomic E-state index is 0.176. The molecule has 5 aromatic carbocycles. The van der Waals surface area contributed by atoms with Gasteiger partial charge in [-0.2, -0.15) is 0 Å². The van der Waals surface area contributed by atoms with Gasteiger partial charge in [0.2, 0.25) is 0 Å². The second-order valence-corrected chi connectivity index (χ2v) is 13.7. The van der Waals surface area contributed by atoms with E-state index in [1.54, 1.807) is 25.3 Å². The number of benzene rings is 5. The third-order valence-electron chi connectivity index (χ3n) is 9.67. The average Bonchev–Trinajstić information content (AvgIpc) is 3.85. The van der Waals surface area contributed by atoms with Gasteiger partial charge in [-0.25, -0.2) is 14.5 Å². The maximum atomic E-state index is 13.3. The molecule has 0 aliphatic rings. The molecular weight excluding hydrogens is 689 g/mol. The number of hydrogen-bond donors (Lipinski definition) is 1. The Hall–Kier alpha value is -6.23. The molecule has 10 nitrogen and oxygen atoms in total. The molecule has 0 fully saturated rings. The van der Waals surface area contributed by atoms with E-state index in [2.05, 4.69) is 64.8 Å². The molecule has 10 heteroatoms. The van der Waals surface area contributed by atoms with Crippen molar-refractivity contribution in [3.8, 4) is 22.5 Å². The zero-order valence-corrected chi connectivity index (χ0v) is 31.5. The highest BCUT2D eigenvalue weighted by Gasteiger charge is 2.42. The largest absolute Gasteiger partial charge is 0.461 e. The topological polar surface area (TPSA) is 117 Å². The molecule has 55 heavy (non-hydrogen) atoms. The first-order valence-electron chi connectivity index (χ1n) is 18.5. The summed E-state index contributed by atoms with van der Waals surface area (Å²) in [6, 6.07) is 47.3. The molecule has 0 amide bonds. The van der Waals surface area contributed by atoms with Crippen LogP contribution in [0.3, 0.4) is 0 Å². The number of tetrazole rings is 1. The van der Waals surface area contributed by atoms with Crippen LogP contribution in [0, 0.1) is 0 Å². The standard InChI is InChI=1S/C45H44N6O4/c1-5-54-31-39-46-41(44(3,4)53)40(43(52)55-6-2)50(39)30-32-26-28-33(29-27-32)37-24-16-17-25-38(37)42-47-48-49-51(42)45(34-18-10-7-11-19-34,35-20-12-8-13-21-35)36-22-14-9-15-23-36/h7-29,53H,5-6,30-31H2,1-4H3. The normalized spacial score (nSPS) is 11.8. The van der Waals surface area contributed by atoms with E-state index in [1.807, 2.05) is 96.5 Å². The fraction of sp³-hybridized carbons (Fsp3) is 0.222. The molecule has 0 aliphatic heterocycles. The number of esters is 1. The van der Waals surface area contributed by atoms with Crippen LogP contribution in [-0.2, 0) is 33.8 Å². The van der Waals surface area contributed by atoms with E-state index in [9.17, 15) is 9.90 Å². The zero-order valence-electron chi connectivity index (χ0n) is 31.5. The first-order valence-corrected chi connectivity index (χ1v) is 18.5. The van der Waals surface area contributed by atoms with Crippen molar-refractivity contribution >= 4 is 5.97 Å². The lowest BCUT2D eigenvalue weighted by Gasteiger charge is -2.36. The summed E-state index contributed by atoms with van der Waals surface area (Å²) < 4.78 is 14.9. The van der Waals surface area contributed by atoms with Crippen molar-refractivity contribution in [2.45, 2.75) is 52.0 Å². The number of rotatable bonds is 14. The van der Waals surface area contributed by atoms with Gasteiger partial charge in [0.25, 0.3) is 0 Å². The van der Waals surface area contributed by atoms with Gasteiger partial charge in [-0.3, -0.25) is 0 Å². The lowest BCUT2D eigenvalue weighted by molar-refractivity contribution is 0.0469. The molecule has 0 saturated heterocycles. The zero-order chi connectivity index (χ0) is 38.4. The van der Waals surface area contributed by atoms with Crippen LogP contribution in [0.5, 0.6) is 0 Å². The minimum atomic E-state index is -1.38. The quantitative estimate of drug-likeness (QED) is 0.0883. The maximum absolute atomic E-state index is 13.3. The van der Waals surface area contributed by atoms with Gasteiger partial charge in [0, 0.05) is 18.7 Å². The van der Waals surface area contributed by atoms with E-state index >= 15 is 0 Å². The van der Waals surface area contributed by atoms with Crippen molar-refractivity contribution in [2.24, 2.45) is 0 Å². The summed E-state index contributed by atoms with van der Waals surface area (Å²) in [6.07, 6.45) is 0. The number of aliphatic hydroxyl groups is 1. The molecule has 1 N–H and O–H groups in total. The first kappa shape index (κ1) is 37.1. The Labute approximate surface area is 321 Å². The second kappa shape index (κ2) is 16.0.